The molecule has 0 atom stereocenters. The Bertz CT molecular complexity index is 663. The molecule has 0 aliphatic carbocycles. The van der Waals surface area contributed by atoms with Gasteiger partial charge in [0.15, 0.2) is 6.61 Å². The third-order valence-electron chi connectivity index (χ3n) is 3.37. The minimum absolute atomic E-state index is 0.216. The summed E-state index contributed by atoms with van der Waals surface area (Å²) >= 11 is 0. The van der Waals surface area contributed by atoms with Crippen LogP contribution in [0.1, 0.15) is 32.8 Å². The number of esters is 1. The summed E-state index contributed by atoms with van der Waals surface area (Å²) in [5.41, 5.74) is 0.780. The number of hydrogen-bond acceptors (Lipinski definition) is 5. The predicted molar refractivity (Wildman–Crippen MR) is 88.0 cm³/mol. The average Bonchev–Trinajstić information content (AvgIpc) is 2.45. The van der Waals surface area contributed by atoms with Gasteiger partial charge >= 0.3 is 12.0 Å². The number of benzene rings is 1. The number of anilines is 1. The molecule has 7 heteroatoms. The zero-order valence-corrected chi connectivity index (χ0v) is 14.3. The lowest BCUT2D eigenvalue weighted by Gasteiger charge is -2.28. The van der Waals surface area contributed by atoms with E-state index in [1.54, 1.807) is 45.9 Å². The van der Waals surface area contributed by atoms with E-state index in [1.165, 1.54) is 4.90 Å². The fourth-order valence-corrected chi connectivity index (χ4v) is 2.35. The van der Waals surface area contributed by atoms with Gasteiger partial charge < -0.3 is 9.47 Å². The number of amides is 3. The van der Waals surface area contributed by atoms with Crippen molar-refractivity contribution in [3.8, 4) is 5.75 Å². The Morgan fingerprint density at radius 1 is 1.29 bits per heavy atom. The van der Waals surface area contributed by atoms with Gasteiger partial charge in [-0.1, -0.05) is 6.07 Å². The maximum atomic E-state index is 12.0. The molecule has 0 spiro atoms. The lowest BCUT2D eigenvalue weighted by molar-refractivity contribution is -0.157. The van der Waals surface area contributed by atoms with Crippen LogP contribution in [-0.4, -0.2) is 36.7 Å². The predicted octanol–water partition coefficient (Wildman–Crippen LogP) is 2.16. The highest BCUT2D eigenvalue weighted by Gasteiger charge is 2.26. The van der Waals surface area contributed by atoms with Crippen molar-refractivity contribution in [3.63, 3.8) is 0 Å². The molecular formula is C17H22N2O5. The summed E-state index contributed by atoms with van der Waals surface area (Å²) in [6.45, 7) is 7.24. The molecular weight excluding hydrogens is 312 g/mol. The van der Waals surface area contributed by atoms with Gasteiger partial charge in [-0.05, 0) is 39.8 Å². The van der Waals surface area contributed by atoms with Crippen molar-refractivity contribution in [1.29, 1.82) is 0 Å². The van der Waals surface area contributed by atoms with Crippen molar-refractivity contribution in [2.24, 2.45) is 0 Å². The molecule has 0 saturated carbocycles. The number of nitrogens with zero attached hydrogens (tertiary/aromatic N) is 1. The molecule has 1 heterocycles. The van der Waals surface area contributed by atoms with E-state index in [0.717, 1.165) is 0 Å². The molecule has 0 radical (unpaired) electrons. The monoisotopic (exact) mass is 334 g/mol. The van der Waals surface area contributed by atoms with Gasteiger partial charge in [0.1, 0.15) is 11.4 Å². The third-order valence-corrected chi connectivity index (χ3v) is 3.37. The second kappa shape index (κ2) is 6.90. The standard InChI is InChI=1S/C17H22N2O5/c1-11-12(19-9-8-14(20)18-16(19)22)6-5-7-13(11)23-10-15(21)24-17(2,3)4/h5-7H,8-10H2,1-4H3,(H,18,20,22). The Balaban J connectivity index is 2.09. The van der Waals surface area contributed by atoms with Gasteiger partial charge in [0.25, 0.3) is 0 Å². The van der Waals surface area contributed by atoms with Gasteiger partial charge in [-0.2, -0.15) is 0 Å². The number of hydrogen-bond donors (Lipinski definition) is 1. The summed E-state index contributed by atoms with van der Waals surface area (Å²) in [6.07, 6.45) is 0.244. The van der Waals surface area contributed by atoms with Crippen molar-refractivity contribution in [2.45, 2.75) is 39.7 Å². The van der Waals surface area contributed by atoms with Gasteiger partial charge in [-0.25, -0.2) is 9.59 Å². The summed E-state index contributed by atoms with van der Waals surface area (Å²) in [5.74, 6) is -0.261. The smallest absolute Gasteiger partial charge is 0.344 e. The number of imide groups is 1. The van der Waals surface area contributed by atoms with E-state index < -0.39 is 17.6 Å². The highest BCUT2D eigenvalue weighted by molar-refractivity contribution is 6.06. The molecule has 24 heavy (non-hydrogen) atoms. The Morgan fingerprint density at radius 3 is 2.62 bits per heavy atom. The maximum Gasteiger partial charge on any atom is 0.344 e. The minimum Gasteiger partial charge on any atom is -0.482 e. The molecule has 130 valence electrons. The summed E-state index contributed by atoms with van der Waals surface area (Å²) < 4.78 is 10.7. The van der Waals surface area contributed by atoms with Crippen molar-refractivity contribution in [1.82, 2.24) is 5.32 Å². The molecule has 1 aromatic rings. The minimum atomic E-state index is -0.574. The van der Waals surface area contributed by atoms with E-state index in [4.69, 9.17) is 9.47 Å². The fourth-order valence-electron chi connectivity index (χ4n) is 2.35. The van der Waals surface area contributed by atoms with Crippen LogP contribution in [0.2, 0.25) is 0 Å². The second-order valence-corrected chi connectivity index (χ2v) is 6.53. The first-order valence-corrected chi connectivity index (χ1v) is 7.73. The van der Waals surface area contributed by atoms with Crippen LogP contribution in [0.15, 0.2) is 18.2 Å². The normalized spacial score (nSPS) is 15.1. The quantitative estimate of drug-likeness (QED) is 0.853. The fraction of sp³-hybridized carbons (Fsp3) is 0.471. The Morgan fingerprint density at radius 2 is 2.00 bits per heavy atom. The Labute approximate surface area is 140 Å². The molecule has 0 bridgehead atoms. The van der Waals surface area contributed by atoms with E-state index in [9.17, 15) is 14.4 Å². The molecule has 1 fully saturated rings. The molecule has 0 aromatic heterocycles. The molecule has 1 saturated heterocycles. The first kappa shape index (κ1) is 17.8. The molecule has 1 aliphatic rings. The van der Waals surface area contributed by atoms with Crippen LogP contribution in [-0.2, 0) is 14.3 Å². The zero-order valence-electron chi connectivity index (χ0n) is 14.3. The van der Waals surface area contributed by atoms with E-state index in [-0.39, 0.29) is 18.9 Å². The Hall–Kier alpha value is -2.57. The van der Waals surface area contributed by atoms with Gasteiger partial charge in [-0.3, -0.25) is 15.0 Å². The largest absolute Gasteiger partial charge is 0.482 e. The number of carbonyl (C=O) groups excluding carboxylic acids is 3. The highest BCUT2D eigenvalue weighted by Crippen LogP contribution is 2.29. The molecule has 0 unspecified atom stereocenters. The summed E-state index contributed by atoms with van der Waals surface area (Å²) in [4.78, 5) is 36.5. The molecule has 7 nitrogen and oxygen atoms in total. The van der Waals surface area contributed by atoms with Crippen molar-refractivity contribution in [2.75, 3.05) is 18.1 Å². The molecule has 1 aromatic carbocycles. The SMILES string of the molecule is Cc1c(OCC(=O)OC(C)(C)C)cccc1N1CCC(=O)NC1=O. The van der Waals surface area contributed by atoms with Crippen LogP contribution in [0.25, 0.3) is 0 Å². The first-order chi connectivity index (χ1) is 11.2. The molecule has 2 rings (SSSR count). The topological polar surface area (TPSA) is 84.9 Å². The second-order valence-electron chi connectivity index (χ2n) is 6.53. The third kappa shape index (κ3) is 4.47. The van der Waals surface area contributed by atoms with Gasteiger partial charge in [0.05, 0.1) is 5.69 Å². The summed E-state index contributed by atoms with van der Waals surface area (Å²) in [6, 6.07) is 4.76. The number of carbonyl (C=O) groups is 3. The summed E-state index contributed by atoms with van der Waals surface area (Å²) in [5, 5.41) is 2.28. The lowest BCUT2D eigenvalue weighted by Crippen LogP contribution is -2.49. The van der Waals surface area contributed by atoms with Crippen LogP contribution < -0.4 is 15.0 Å². The van der Waals surface area contributed by atoms with Crippen molar-refractivity contribution < 1.29 is 23.9 Å². The highest BCUT2D eigenvalue weighted by atomic mass is 16.6. The summed E-state index contributed by atoms with van der Waals surface area (Å²) in [7, 11) is 0. The van der Waals surface area contributed by atoms with E-state index in [1.807, 2.05) is 0 Å². The van der Waals surface area contributed by atoms with E-state index in [0.29, 0.717) is 23.5 Å². The van der Waals surface area contributed by atoms with Gasteiger partial charge in [-0.15, -0.1) is 0 Å². The van der Waals surface area contributed by atoms with Crippen LogP contribution in [0.3, 0.4) is 0 Å². The number of ether oxygens (including phenoxy) is 2. The molecule has 1 aliphatic heterocycles. The van der Waals surface area contributed by atoms with E-state index in [2.05, 4.69) is 5.32 Å². The van der Waals surface area contributed by atoms with Crippen LogP contribution in [0, 0.1) is 6.92 Å². The first-order valence-electron chi connectivity index (χ1n) is 7.73. The Kier molecular flexibility index (Phi) is 5.11. The number of nitrogens with one attached hydrogen (secondary N) is 1. The van der Waals surface area contributed by atoms with Gasteiger partial charge in [0, 0.05) is 18.5 Å². The number of urea groups is 1. The molecule has 3 amide bonds. The average molecular weight is 334 g/mol. The van der Waals surface area contributed by atoms with Crippen molar-refractivity contribution in [3.05, 3.63) is 23.8 Å². The maximum absolute atomic E-state index is 12.0. The lowest BCUT2D eigenvalue weighted by atomic mass is 10.1. The van der Waals surface area contributed by atoms with Crippen LogP contribution >= 0.6 is 0 Å². The van der Waals surface area contributed by atoms with Crippen LogP contribution in [0.5, 0.6) is 5.75 Å². The van der Waals surface area contributed by atoms with Crippen LogP contribution in [0.4, 0.5) is 10.5 Å². The number of rotatable bonds is 4. The van der Waals surface area contributed by atoms with E-state index >= 15 is 0 Å². The zero-order chi connectivity index (χ0) is 17.9. The van der Waals surface area contributed by atoms with Crippen molar-refractivity contribution >= 4 is 23.6 Å². The van der Waals surface area contributed by atoms with Gasteiger partial charge in [0.2, 0.25) is 5.91 Å². The molecule has 1 N–H and O–H groups in total.